The number of imidazole rings is 1. The number of thiazole rings is 1. The Morgan fingerprint density at radius 1 is 1.06 bits per heavy atom. The first-order chi connectivity index (χ1) is 15.3. The average Bonchev–Trinajstić information content (AvgIpc) is 3.47. The van der Waals surface area contributed by atoms with Gasteiger partial charge in [-0.3, -0.25) is 0 Å². The highest BCUT2D eigenvalue weighted by molar-refractivity contribution is 7.07. The van der Waals surface area contributed by atoms with E-state index >= 15 is 0 Å². The zero-order chi connectivity index (χ0) is 21.0. The first-order valence-electron chi connectivity index (χ1n) is 10.2. The fraction of sp³-hybridized carbons (Fsp3) is 0.217. The Hall–Kier alpha value is -3.23. The van der Waals surface area contributed by atoms with Crippen LogP contribution in [0.25, 0.3) is 11.3 Å². The van der Waals surface area contributed by atoms with E-state index in [2.05, 4.69) is 49.1 Å². The maximum absolute atomic E-state index is 13.3. The third-order valence-electron chi connectivity index (χ3n) is 5.27. The molecule has 2 aromatic carbocycles. The summed E-state index contributed by atoms with van der Waals surface area (Å²) in [7, 11) is 0. The molecule has 5 rings (SSSR count). The van der Waals surface area contributed by atoms with Crippen molar-refractivity contribution in [3.8, 4) is 11.3 Å². The molecule has 1 aliphatic heterocycles. The minimum atomic E-state index is -0.267. The number of nitrogens with one attached hydrogen (secondary N) is 1. The zero-order valence-electron chi connectivity index (χ0n) is 16.9. The normalized spacial score (nSPS) is 14.9. The number of benzene rings is 2. The zero-order valence-corrected chi connectivity index (χ0v) is 17.7. The van der Waals surface area contributed by atoms with Crippen LogP contribution in [0.5, 0.6) is 0 Å². The van der Waals surface area contributed by atoms with Crippen molar-refractivity contribution in [3.63, 3.8) is 0 Å². The first kappa shape index (κ1) is 19.7. The van der Waals surface area contributed by atoms with Gasteiger partial charge >= 0.3 is 0 Å². The topological polar surface area (TPSA) is 58.4 Å². The van der Waals surface area contributed by atoms with E-state index in [9.17, 15) is 4.39 Å². The number of rotatable bonds is 5. The van der Waals surface area contributed by atoms with Crippen LogP contribution in [0.15, 0.2) is 71.4 Å². The van der Waals surface area contributed by atoms with Gasteiger partial charge in [0.2, 0.25) is 0 Å². The van der Waals surface area contributed by atoms with E-state index in [1.54, 1.807) is 29.8 Å². The number of hydrogen-bond donors (Lipinski definition) is 1. The first-order valence-corrected chi connectivity index (χ1v) is 11.0. The molecular weight excluding hydrogens is 413 g/mol. The lowest BCUT2D eigenvalue weighted by Gasteiger charge is -2.28. The van der Waals surface area contributed by atoms with Crippen molar-refractivity contribution in [2.45, 2.75) is 6.54 Å². The minimum Gasteiger partial charge on any atom is -0.378 e. The van der Waals surface area contributed by atoms with Gasteiger partial charge in [-0.1, -0.05) is 12.1 Å². The Morgan fingerprint density at radius 2 is 1.84 bits per heavy atom. The van der Waals surface area contributed by atoms with Crippen LogP contribution in [0.3, 0.4) is 0 Å². The predicted octanol–water partition coefficient (Wildman–Crippen LogP) is 4.20. The molecule has 31 heavy (non-hydrogen) atoms. The van der Waals surface area contributed by atoms with Gasteiger partial charge < -0.3 is 19.2 Å². The number of aromatic amines is 1. The molecule has 158 valence electrons. The van der Waals surface area contributed by atoms with E-state index in [4.69, 9.17) is 9.73 Å². The Morgan fingerprint density at radius 3 is 2.55 bits per heavy atom. The molecule has 0 radical (unpaired) electrons. The lowest BCUT2D eigenvalue weighted by molar-refractivity contribution is 0.122. The van der Waals surface area contributed by atoms with Crippen LogP contribution in [0.1, 0.15) is 5.69 Å². The summed E-state index contributed by atoms with van der Waals surface area (Å²) in [5, 5.41) is 2.11. The molecule has 0 unspecified atom stereocenters. The summed E-state index contributed by atoms with van der Waals surface area (Å²) in [6.45, 7) is 3.98. The average molecular weight is 436 g/mol. The molecule has 0 atom stereocenters. The second-order valence-electron chi connectivity index (χ2n) is 7.30. The molecule has 2 aromatic heterocycles. The number of hydrogen-bond acceptors (Lipinski definition) is 5. The molecule has 0 bridgehead atoms. The molecule has 1 saturated heterocycles. The van der Waals surface area contributed by atoms with Crippen molar-refractivity contribution in [1.29, 1.82) is 0 Å². The molecule has 3 heterocycles. The van der Waals surface area contributed by atoms with Crippen LogP contribution >= 0.6 is 11.3 Å². The standard InChI is InChI=1S/C23H22FN5OS/c24-18-3-5-19(6-4-18)27-23-29(14-20-13-25-16-26-20)22(15-31-23)17-1-7-21(8-2-17)28-9-11-30-12-10-28/h1-8,13,15-16H,9-12,14H2,(H,25,26). The molecule has 6 nitrogen and oxygen atoms in total. The molecule has 4 aromatic rings. The third kappa shape index (κ3) is 4.45. The number of halogens is 1. The van der Waals surface area contributed by atoms with E-state index in [1.807, 2.05) is 6.20 Å². The number of nitrogens with zero attached hydrogens (tertiary/aromatic N) is 4. The lowest BCUT2D eigenvalue weighted by atomic mass is 10.1. The maximum Gasteiger partial charge on any atom is 0.190 e. The van der Waals surface area contributed by atoms with E-state index in [1.165, 1.54) is 17.8 Å². The molecule has 0 aliphatic carbocycles. The summed E-state index contributed by atoms with van der Waals surface area (Å²) in [6, 6.07) is 14.9. The van der Waals surface area contributed by atoms with Crippen molar-refractivity contribution in [2.24, 2.45) is 4.99 Å². The van der Waals surface area contributed by atoms with Crippen LogP contribution in [0.2, 0.25) is 0 Å². The van der Waals surface area contributed by atoms with Crippen molar-refractivity contribution < 1.29 is 9.13 Å². The number of anilines is 1. The van der Waals surface area contributed by atoms with Crippen molar-refractivity contribution in [2.75, 3.05) is 31.2 Å². The van der Waals surface area contributed by atoms with Gasteiger partial charge in [-0.2, -0.15) is 0 Å². The highest BCUT2D eigenvalue weighted by atomic mass is 32.1. The summed E-state index contributed by atoms with van der Waals surface area (Å²) in [6.07, 6.45) is 3.49. The predicted molar refractivity (Wildman–Crippen MR) is 120 cm³/mol. The summed E-state index contributed by atoms with van der Waals surface area (Å²) < 4.78 is 20.9. The lowest BCUT2D eigenvalue weighted by Crippen LogP contribution is -2.36. The van der Waals surface area contributed by atoms with E-state index < -0.39 is 0 Å². The van der Waals surface area contributed by atoms with E-state index in [0.29, 0.717) is 6.54 Å². The SMILES string of the molecule is Fc1ccc(N=c2scc(-c3ccc(N4CCOCC4)cc3)n2Cc2cnc[nH]2)cc1. The van der Waals surface area contributed by atoms with Crippen LogP contribution < -0.4 is 9.70 Å². The van der Waals surface area contributed by atoms with Gasteiger partial charge in [0.15, 0.2) is 4.80 Å². The molecular formula is C23H22FN5OS. The van der Waals surface area contributed by atoms with Crippen LogP contribution in [-0.4, -0.2) is 40.8 Å². The summed E-state index contributed by atoms with van der Waals surface area (Å²) >= 11 is 1.57. The molecule has 1 aliphatic rings. The van der Waals surface area contributed by atoms with Crippen LogP contribution in [0, 0.1) is 5.82 Å². The van der Waals surface area contributed by atoms with Crippen molar-refractivity contribution >= 4 is 22.7 Å². The number of ether oxygens (including phenoxy) is 1. The van der Waals surface area contributed by atoms with Crippen molar-refractivity contribution in [3.05, 3.63) is 82.7 Å². The molecule has 1 N–H and O–H groups in total. The van der Waals surface area contributed by atoms with Crippen LogP contribution in [-0.2, 0) is 11.3 Å². The maximum atomic E-state index is 13.3. The Bertz CT molecular complexity index is 1190. The number of morpholine rings is 1. The van der Waals surface area contributed by atoms with Gasteiger partial charge in [-0.25, -0.2) is 14.4 Å². The van der Waals surface area contributed by atoms with Gasteiger partial charge in [0.25, 0.3) is 0 Å². The highest BCUT2D eigenvalue weighted by Gasteiger charge is 2.13. The van der Waals surface area contributed by atoms with Gasteiger partial charge in [-0.05, 0) is 42.0 Å². The van der Waals surface area contributed by atoms with Gasteiger partial charge in [0.05, 0.1) is 43.2 Å². The van der Waals surface area contributed by atoms with E-state index in [-0.39, 0.29) is 5.82 Å². The molecule has 0 amide bonds. The van der Waals surface area contributed by atoms with Crippen LogP contribution in [0.4, 0.5) is 15.8 Å². The smallest absolute Gasteiger partial charge is 0.190 e. The number of aromatic nitrogens is 3. The Labute approximate surface area is 183 Å². The quantitative estimate of drug-likeness (QED) is 0.511. The fourth-order valence-electron chi connectivity index (χ4n) is 3.63. The van der Waals surface area contributed by atoms with Gasteiger partial charge in [0.1, 0.15) is 5.82 Å². The highest BCUT2D eigenvalue weighted by Crippen LogP contribution is 2.25. The van der Waals surface area contributed by atoms with E-state index in [0.717, 1.165) is 53.7 Å². The summed E-state index contributed by atoms with van der Waals surface area (Å²) in [5.74, 6) is -0.267. The summed E-state index contributed by atoms with van der Waals surface area (Å²) in [5.41, 5.74) is 5.11. The third-order valence-corrected chi connectivity index (χ3v) is 6.14. The second-order valence-corrected chi connectivity index (χ2v) is 8.14. The fourth-order valence-corrected chi connectivity index (χ4v) is 4.56. The molecule has 0 saturated carbocycles. The number of H-pyrrole nitrogens is 1. The Kier molecular flexibility index (Phi) is 5.64. The second kappa shape index (κ2) is 8.87. The van der Waals surface area contributed by atoms with Crippen molar-refractivity contribution in [1.82, 2.24) is 14.5 Å². The van der Waals surface area contributed by atoms with Gasteiger partial charge in [0, 0.05) is 30.4 Å². The monoisotopic (exact) mass is 435 g/mol. The molecule has 8 heteroatoms. The molecule has 0 spiro atoms. The molecule has 1 fully saturated rings. The van der Waals surface area contributed by atoms with Gasteiger partial charge in [-0.15, -0.1) is 11.3 Å². The summed E-state index contributed by atoms with van der Waals surface area (Å²) in [4.78, 5) is 15.2. The largest absolute Gasteiger partial charge is 0.378 e. The minimum absolute atomic E-state index is 0.267. The Balaban J connectivity index is 1.52.